The Balaban J connectivity index is 2.26. The average Bonchev–Trinajstić information content (AvgIpc) is 2.40. The lowest BCUT2D eigenvalue weighted by Crippen LogP contribution is -2.43. The number of carbonyl (C=O) groups excluding carboxylic acids is 1. The molecule has 1 fully saturated rings. The van der Waals surface area contributed by atoms with E-state index in [4.69, 9.17) is 0 Å². The maximum atomic E-state index is 11.9. The van der Waals surface area contributed by atoms with Crippen LogP contribution in [0.25, 0.3) is 0 Å². The zero-order valence-electron chi connectivity index (χ0n) is 12.8. The van der Waals surface area contributed by atoms with Gasteiger partial charge in [0.25, 0.3) is 0 Å². The number of carbonyl (C=O) groups is 1. The fourth-order valence-electron chi connectivity index (χ4n) is 2.99. The molecule has 0 heterocycles. The first-order chi connectivity index (χ1) is 9.10. The second-order valence-electron chi connectivity index (χ2n) is 5.57. The van der Waals surface area contributed by atoms with Gasteiger partial charge in [-0.25, -0.2) is 0 Å². The molecule has 19 heavy (non-hydrogen) atoms. The summed E-state index contributed by atoms with van der Waals surface area (Å²) >= 11 is 0. The third-order valence-corrected chi connectivity index (χ3v) is 4.28. The topological polar surface area (TPSA) is 43.8 Å². The molecule has 1 saturated carbocycles. The zero-order valence-corrected chi connectivity index (χ0v) is 12.8. The van der Waals surface area contributed by atoms with E-state index in [-0.39, 0.29) is 18.1 Å². The summed E-state index contributed by atoms with van der Waals surface area (Å²) in [6.07, 6.45) is 5.69. The number of hydrogen-bond donors (Lipinski definition) is 1. The van der Waals surface area contributed by atoms with Crippen molar-refractivity contribution in [2.45, 2.75) is 64.5 Å². The molecule has 0 aromatic heterocycles. The maximum absolute atomic E-state index is 11.9. The largest absolute Gasteiger partial charge is 0.391 e. The van der Waals surface area contributed by atoms with Crippen molar-refractivity contribution in [3.05, 3.63) is 0 Å². The minimum absolute atomic E-state index is 0.183. The predicted molar refractivity (Wildman–Crippen MR) is 78.1 cm³/mol. The van der Waals surface area contributed by atoms with E-state index in [9.17, 15) is 9.90 Å². The first-order valence-corrected chi connectivity index (χ1v) is 7.76. The van der Waals surface area contributed by atoms with Crippen LogP contribution in [0, 0.1) is 0 Å². The van der Waals surface area contributed by atoms with Crippen LogP contribution >= 0.6 is 0 Å². The van der Waals surface area contributed by atoms with E-state index in [0.717, 1.165) is 45.3 Å². The van der Waals surface area contributed by atoms with Crippen LogP contribution in [0.1, 0.15) is 52.4 Å². The van der Waals surface area contributed by atoms with Crippen molar-refractivity contribution >= 4 is 5.91 Å². The van der Waals surface area contributed by atoms with E-state index in [2.05, 4.69) is 11.9 Å². The monoisotopic (exact) mass is 270 g/mol. The molecule has 112 valence electrons. The van der Waals surface area contributed by atoms with Crippen LogP contribution in [-0.4, -0.2) is 59.6 Å². The third kappa shape index (κ3) is 5.11. The highest BCUT2D eigenvalue weighted by Gasteiger charge is 2.26. The lowest BCUT2D eigenvalue weighted by Gasteiger charge is -2.35. The molecule has 2 unspecified atom stereocenters. The number of hydrogen-bond acceptors (Lipinski definition) is 3. The lowest BCUT2D eigenvalue weighted by molar-refractivity contribution is -0.131. The van der Waals surface area contributed by atoms with Crippen molar-refractivity contribution in [3.63, 3.8) is 0 Å². The summed E-state index contributed by atoms with van der Waals surface area (Å²) in [4.78, 5) is 16.0. The summed E-state index contributed by atoms with van der Waals surface area (Å²) in [7, 11) is 2.07. The van der Waals surface area contributed by atoms with Crippen molar-refractivity contribution in [1.29, 1.82) is 0 Å². The molecular weight excluding hydrogens is 240 g/mol. The number of rotatable bonds is 7. The molecule has 1 N–H and O–H groups in total. The van der Waals surface area contributed by atoms with Gasteiger partial charge in [-0.1, -0.05) is 12.8 Å². The molecule has 1 amide bonds. The van der Waals surface area contributed by atoms with Gasteiger partial charge in [-0.05, 0) is 46.7 Å². The Bertz CT molecular complexity index is 267. The van der Waals surface area contributed by atoms with Crippen LogP contribution < -0.4 is 0 Å². The second kappa shape index (κ2) is 8.54. The molecule has 0 spiro atoms. The van der Waals surface area contributed by atoms with Gasteiger partial charge in [-0.2, -0.15) is 0 Å². The van der Waals surface area contributed by atoms with Gasteiger partial charge in [0.1, 0.15) is 0 Å². The summed E-state index contributed by atoms with van der Waals surface area (Å²) in [5, 5.41) is 10.00. The summed E-state index contributed by atoms with van der Waals surface area (Å²) in [5.41, 5.74) is 0. The van der Waals surface area contributed by atoms with Crippen molar-refractivity contribution < 1.29 is 9.90 Å². The molecular formula is C15H30N2O2. The first kappa shape index (κ1) is 16.4. The quantitative estimate of drug-likeness (QED) is 0.768. The first-order valence-electron chi connectivity index (χ1n) is 7.76. The summed E-state index contributed by atoms with van der Waals surface area (Å²) < 4.78 is 0. The number of aliphatic hydroxyl groups is 1. The molecule has 0 bridgehead atoms. The Morgan fingerprint density at radius 2 is 1.84 bits per heavy atom. The van der Waals surface area contributed by atoms with E-state index in [1.165, 1.54) is 6.42 Å². The van der Waals surface area contributed by atoms with Crippen molar-refractivity contribution in [2.75, 3.05) is 26.7 Å². The number of aliphatic hydroxyl groups excluding tert-OH is 1. The van der Waals surface area contributed by atoms with Gasteiger partial charge in [0.05, 0.1) is 6.10 Å². The summed E-state index contributed by atoms with van der Waals surface area (Å²) in [6, 6.07) is 0.289. The Labute approximate surface area is 117 Å². The van der Waals surface area contributed by atoms with E-state index >= 15 is 0 Å². The molecule has 0 radical (unpaired) electrons. The standard InChI is InChI=1S/C15H30N2O2/c1-4-17(5-2)15(19)11-8-12-16(3)13-9-6-7-10-14(13)18/h13-14,18H,4-12H2,1-3H3. The van der Waals surface area contributed by atoms with Crippen LogP contribution in [0.4, 0.5) is 0 Å². The van der Waals surface area contributed by atoms with Crippen LogP contribution in [0.15, 0.2) is 0 Å². The SMILES string of the molecule is CCN(CC)C(=O)CCCN(C)C1CCCCC1O. The fourth-order valence-corrected chi connectivity index (χ4v) is 2.99. The lowest BCUT2D eigenvalue weighted by atomic mass is 9.91. The van der Waals surface area contributed by atoms with Gasteiger partial charge in [0.2, 0.25) is 5.91 Å². The Morgan fingerprint density at radius 1 is 1.21 bits per heavy atom. The van der Waals surface area contributed by atoms with Crippen LogP contribution in [-0.2, 0) is 4.79 Å². The second-order valence-corrected chi connectivity index (χ2v) is 5.57. The molecule has 0 aromatic rings. The molecule has 4 nitrogen and oxygen atoms in total. The summed E-state index contributed by atoms with van der Waals surface area (Å²) in [6.45, 7) is 6.53. The molecule has 2 atom stereocenters. The number of nitrogens with zero attached hydrogens (tertiary/aromatic N) is 2. The van der Waals surface area contributed by atoms with Crippen molar-refractivity contribution in [1.82, 2.24) is 9.80 Å². The number of likely N-dealkylation sites (N-methyl/N-ethyl adjacent to an activating group) is 1. The van der Waals surface area contributed by atoms with Crippen molar-refractivity contribution in [2.24, 2.45) is 0 Å². The van der Waals surface area contributed by atoms with E-state index in [0.29, 0.717) is 6.42 Å². The van der Waals surface area contributed by atoms with Crippen molar-refractivity contribution in [3.8, 4) is 0 Å². The highest BCUT2D eigenvalue weighted by Crippen LogP contribution is 2.22. The van der Waals surface area contributed by atoms with E-state index in [1.54, 1.807) is 0 Å². The van der Waals surface area contributed by atoms with Gasteiger partial charge in [-0.15, -0.1) is 0 Å². The molecule has 1 rings (SSSR count). The van der Waals surface area contributed by atoms with Gasteiger partial charge in [0.15, 0.2) is 0 Å². The molecule has 0 aliphatic heterocycles. The Morgan fingerprint density at radius 3 is 2.42 bits per heavy atom. The number of amides is 1. The maximum Gasteiger partial charge on any atom is 0.222 e. The van der Waals surface area contributed by atoms with Crippen LogP contribution in [0.2, 0.25) is 0 Å². The highest BCUT2D eigenvalue weighted by molar-refractivity contribution is 5.76. The minimum Gasteiger partial charge on any atom is -0.391 e. The zero-order chi connectivity index (χ0) is 14.3. The smallest absolute Gasteiger partial charge is 0.222 e. The average molecular weight is 270 g/mol. The third-order valence-electron chi connectivity index (χ3n) is 4.28. The predicted octanol–water partition coefficient (Wildman–Crippen LogP) is 1.87. The van der Waals surface area contributed by atoms with Gasteiger partial charge in [0, 0.05) is 25.6 Å². The molecule has 4 heteroatoms. The van der Waals surface area contributed by atoms with Crippen LogP contribution in [0.5, 0.6) is 0 Å². The molecule has 0 aromatic carbocycles. The molecule has 1 aliphatic carbocycles. The van der Waals surface area contributed by atoms with Gasteiger partial charge < -0.3 is 14.9 Å². The fraction of sp³-hybridized carbons (Fsp3) is 0.933. The summed E-state index contributed by atoms with van der Waals surface area (Å²) in [5.74, 6) is 0.252. The van der Waals surface area contributed by atoms with E-state index in [1.807, 2.05) is 18.7 Å². The molecule has 1 aliphatic rings. The highest BCUT2D eigenvalue weighted by atomic mass is 16.3. The molecule has 0 saturated heterocycles. The Hall–Kier alpha value is -0.610. The van der Waals surface area contributed by atoms with Gasteiger partial charge >= 0.3 is 0 Å². The van der Waals surface area contributed by atoms with E-state index < -0.39 is 0 Å². The van der Waals surface area contributed by atoms with Gasteiger partial charge in [-0.3, -0.25) is 4.79 Å². The Kier molecular flexibility index (Phi) is 7.39. The minimum atomic E-state index is -0.183. The van der Waals surface area contributed by atoms with Crippen LogP contribution in [0.3, 0.4) is 0 Å². The normalized spacial score (nSPS) is 23.6.